The summed E-state index contributed by atoms with van der Waals surface area (Å²) >= 11 is 0. The van der Waals surface area contributed by atoms with Gasteiger partial charge in [-0.05, 0) is 31.6 Å². The summed E-state index contributed by atoms with van der Waals surface area (Å²) in [5.74, 6) is 0.854. The van der Waals surface area contributed by atoms with Crippen molar-refractivity contribution in [2.75, 3.05) is 47.5 Å². The Bertz CT molecular complexity index is 489. The molecular weight excluding hydrogens is 425 g/mol. The second-order valence-corrected chi connectivity index (χ2v) is 12.1. The van der Waals surface area contributed by atoms with Crippen molar-refractivity contribution in [3.63, 3.8) is 0 Å². The largest absolute Gasteiger partial charge is 0.472 e. The highest BCUT2D eigenvalue weighted by atomic mass is 31.2. The third-order valence-corrected chi connectivity index (χ3v) is 7.49. The van der Waals surface area contributed by atoms with Crippen molar-refractivity contribution in [2.45, 2.75) is 109 Å². The molecule has 1 fully saturated rings. The fourth-order valence-corrected chi connectivity index (χ4v) is 5.03. The SMILES string of the molecule is CCCCCCCCCCCCC1CCC(OCCOP(=O)(O)OCC[N+](C)(C)C)CC1. The van der Waals surface area contributed by atoms with Crippen molar-refractivity contribution >= 4 is 7.82 Å². The predicted octanol–water partition coefficient (Wildman–Crippen LogP) is 6.71. The molecular formula is C25H53NO5P+. The van der Waals surface area contributed by atoms with Crippen LogP contribution >= 0.6 is 7.82 Å². The standard InChI is InChI=1S/C25H52NO5P/c1-5-6-7-8-9-10-11-12-13-14-15-24-16-18-25(19-17-24)29-22-23-31-32(27,28)30-21-20-26(2,3)4/h24-25H,5-23H2,1-4H3/p+1. The molecule has 1 saturated carbocycles. The number of likely N-dealkylation sites (N-methyl/N-ethyl adjacent to an activating group) is 1. The molecule has 1 aliphatic rings. The minimum atomic E-state index is -3.98. The zero-order valence-corrected chi connectivity index (χ0v) is 22.5. The monoisotopic (exact) mass is 478 g/mol. The normalized spacial score (nSPS) is 21.5. The van der Waals surface area contributed by atoms with Gasteiger partial charge in [0.05, 0.1) is 40.5 Å². The molecule has 0 aromatic carbocycles. The van der Waals surface area contributed by atoms with Crippen LogP contribution in [0.4, 0.5) is 0 Å². The van der Waals surface area contributed by atoms with Gasteiger partial charge < -0.3 is 14.1 Å². The maximum atomic E-state index is 11.9. The predicted molar refractivity (Wildman–Crippen MR) is 133 cm³/mol. The molecule has 1 rings (SSSR count). The summed E-state index contributed by atoms with van der Waals surface area (Å²) in [6, 6.07) is 0. The lowest BCUT2D eigenvalue weighted by Gasteiger charge is -2.28. The van der Waals surface area contributed by atoms with Gasteiger partial charge in [-0.2, -0.15) is 0 Å². The Morgan fingerprint density at radius 2 is 1.31 bits per heavy atom. The number of phosphoric ester groups is 1. The summed E-state index contributed by atoms with van der Waals surface area (Å²) in [6.07, 6.45) is 20.3. The van der Waals surface area contributed by atoms with Gasteiger partial charge in [0, 0.05) is 0 Å². The number of quaternary nitrogens is 1. The van der Waals surface area contributed by atoms with Crippen molar-refractivity contribution < 1.29 is 27.7 Å². The molecule has 1 N–H and O–H groups in total. The molecule has 0 spiro atoms. The van der Waals surface area contributed by atoms with Crippen LogP contribution in [0.5, 0.6) is 0 Å². The van der Waals surface area contributed by atoms with E-state index in [1.54, 1.807) is 0 Å². The Morgan fingerprint density at radius 1 is 0.781 bits per heavy atom. The van der Waals surface area contributed by atoms with E-state index in [9.17, 15) is 9.46 Å². The van der Waals surface area contributed by atoms with E-state index in [0.717, 1.165) is 18.8 Å². The quantitative estimate of drug-likeness (QED) is 0.120. The van der Waals surface area contributed by atoms with Gasteiger partial charge in [-0.25, -0.2) is 4.57 Å². The third kappa shape index (κ3) is 17.5. The number of unbranched alkanes of at least 4 members (excludes halogenated alkanes) is 9. The molecule has 0 bridgehead atoms. The lowest BCUT2D eigenvalue weighted by atomic mass is 9.84. The summed E-state index contributed by atoms with van der Waals surface area (Å²) < 4.78 is 28.5. The van der Waals surface area contributed by atoms with E-state index in [0.29, 0.717) is 17.6 Å². The minimum absolute atomic E-state index is 0.0939. The molecule has 192 valence electrons. The van der Waals surface area contributed by atoms with E-state index < -0.39 is 7.82 Å². The number of hydrogen-bond donors (Lipinski definition) is 1. The van der Waals surface area contributed by atoms with Crippen molar-refractivity contribution in [3.8, 4) is 0 Å². The van der Waals surface area contributed by atoms with Gasteiger partial charge in [0.1, 0.15) is 13.2 Å². The highest BCUT2D eigenvalue weighted by Crippen LogP contribution is 2.42. The van der Waals surface area contributed by atoms with E-state index >= 15 is 0 Å². The average Bonchev–Trinajstić information content (AvgIpc) is 2.72. The van der Waals surface area contributed by atoms with Gasteiger partial charge in [0.25, 0.3) is 0 Å². The van der Waals surface area contributed by atoms with E-state index in [2.05, 4.69) is 6.92 Å². The molecule has 0 aromatic heterocycles. The van der Waals surface area contributed by atoms with Crippen LogP contribution in [0, 0.1) is 5.92 Å². The lowest BCUT2D eigenvalue weighted by Crippen LogP contribution is -2.37. The summed E-state index contributed by atoms with van der Waals surface area (Å²) in [4.78, 5) is 9.73. The van der Waals surface area contributed by atoms with E-state index in [1.807, 2.05) is 21.1 Å². The second-order valence-electron chi connectivity index (χ2n) is 10.6. The highest BCUT2D eigenvalue weighted by Gasteiger charge is 2.24. The van der Waals surface area contributed by atoms with Crippen molar-refractivity contribution in [1.82, 2.24) is 0 Å². The fraction of sp³-hybridized carbons (Fsp3) is 1.00. The Balaban J connectivity index is 1.95. The van der Waals surface area contributed by atoms with Gasteiger partial charge in [-0.1, -0.05) is 77.6 Å². The first-order chi connectivity index (χ1) is 15.2. The minimum Gasteiger partial charge on any atom is -0.376 e. The maximum absolute atomic E-state index is 11.9. The smallest absolute Gasteiger partial charge is 0.376 e. The average molecular weight is 479 g/mol. The molecule has 0 saturated heterocycles. The first-order valence-electron chi connectivity index (χ1n) is 13.3. The second kappa shape index (κ2) is 17.5. The number of hydrogen-bond acceptors (Lipinski definition) is 4. The van der Waals surface area contributed by atoms with Crippen molar-refractivity contribution in [3.05, 3.63) is 0 Å². The number of nitrogens with zero attached hydrogens (tertiary/aromatic N) is 1. The highest BCUT2D eigenvalue weighted by molar-refractivity contribution is 7.47. The van der Waals surface area contributed by atoms with Gasteiger partial charge in [0.2, 0.25) is 0 Å². The van der Waals surface area contributed by atoms with Crippen LogP contribution in [0.1, 0.15) is 103 Å². The molecule has 1 atom stereocenters. The lowest BCUT2D eigenvalue weighted by molar-refractivity contribution is -0.870. The Hall–Kier alpha value is 0.0300. The first kappa shape index (κ1) is 30.1. The van der Waals surface area contributed by atoms with Crippen LogP contribution in [0.2, 0.25) is 0 Å². The Kier molecular flexibility index (Phi) is 16.4. The number of phosphoric acid groups is 1. The molecule has 0 aliphatic heterocycles. The molecule has 0 aromatic rings. The van der Waals surface area contributed by atoms with Gasteiger partial charge in [-0.3, -0.25) is 9.05 Å². The zero-order chi connectivity index (χ0) is 23.7. The van der Waals surface area contributed by atoms with Crippen LogP contribution in [-0.2, 0) is 18.3 Å². The van der Waals surface area contributed by atoms with Crippen LogP contribution in [-0.4, -0.2) is 63.0 Å². The summed E-state index contributed by atoms with van der Waals surface area (Å²) in [5.41, 5.74) is 0. The van der Waals surface area contributed by atoms with Crippen molar-refractivity contribution in [1.29, 1.82) is 0 Å². The molecule has 32 heavy (non-hydrogen) atoms. The van der Waals surface area contributed by atoms with E-state index in [-0.39, 0.29) is 19.3 Å². The summed E-state index contributed by atoms with van der Waals surface area (Å²) in [7, 11) is 2.04. The van der Waals surface area contributed by atoms with Crippen molar-refractivity contribution in [2.24, 2.45) is 5.92 Å². The number of rotatable bonds is 20. The maximum Gasteiger partial charge on any atom is 0.472 e. The van der Waals surface area contributed by atoms with Crippen LogP contribution < -0.4 is 0 Å². The summed E-state index contributed by atoms with van der Waals surface area (Å²) in [5, 5.41) is 0. The van der Waals surface area contributed by atoms with Crippen LogP contribution in [0.3, 0.4) is 0 Å². The third-order valence-electron chi connectivity index (χ3n) is 6.47. The van der Waals surface area contributed by atoms with Gasteiger partial charge >= 0.3 is 7.82 Å². The Labute approximate surface area is 198 Å². The fourth-order valence-electron chi connectivity index (χ4n) is 4.34. The van der Waals surface area contributed by atoms with Gasteiger partial charge in [-0.15, -0.1) is 0 Å². The van der Waals surface area contributed by atoms with Gasteiger partial charge in [0.15, 0.2) is 0 Å². The topological polar surface area (TPSA) is 65.0 Å². The molecule has 7 heteroatoms. The first-order valence-corrected chi connectivity index (χ1v) is 14.8. The molecule has 0 heterocycles. The molecule has 6 nitrogen and oxygen atoms in total. The van der Waals surface area contributed by atoms with E-state index in [1.165, 1.54) is 83.5 Å². The van der Waals surface area contributed by atoms with Crippen LogP contribution in [0.25, 0.3) is 0 Å². The summed E-state index contributed by atoms with van der Waals surface area (Å²) in [6.45, 7) is 3.56. The molecule has 1 unspecified atom stereocenters. The zero-order valence-electron chi connectivity index (χ0n) is 21.6. The Morgan fingerprint density at radius 3 is 1.88 bits per heavy atom. The molecule has 0 radical (unpaired) electrons. The molecule has 0 amide bonds. The van der Waals surface area contributed by atoms with Crippen LogP contribution in [0.15, 0.2) is 0 Å². The van der Waals surface area contributed by atoms with E-state index in [4.69, 9.17) is 13.8 Å². The molecule has 1 aliphatic carbocycles. The number of ether oxygens (including phenoxy) is 1.